The summed E-state index contributed by atoms with van der Waals surface area (Å²) in [6.45, 7) is 3.60. The van der Waals surface area contributed by atoms with Crippen molar-refractivity contribution in [2.24, 2.45) is 0 Å². The fraction of sp³-hybridized carbons (Fsp3) is 0. The monoisotopic (exact) mass is 246 g/mol. The first-order valence-corrected chi connectivity index (χ1v) is 4.42. The fourth-order valence-electron chi connectivity index (χ4n) is 0.875. The summed E-state index contributed by atoms with van der Waals surface area (Å²) in [5.74, 6) is 0. The van der Waals surface area contributed by atoms with Crippen LogP contribution < -0.4 is 0 Å². The summed E-state index contributed by atoms with van der Waals surface area (Å²) in [5.41, 5.74) is 1.19. The van der Waals surface area contributed by atoms with Crippen LogP contribution in [0.4, 0.5) is 0 Å². The predicted octanol–water partition coefficient (Wildman–Crippen LogP) is 4.10. The Morgan fingerprint density at radius 3 is 1.86 bits per heavy atom. The fourth-order valence-corrected chi connectivity index (χ4v) is 1.02. The Bertz CT molecular complexity index is 319. The molecule has 80 valence electrons. The van der Waals surface area contributed by atoms with Crippen LogP contribution in [0.3, 0.4) is 0 Å². The van der Waals surface area contributed by atoms with Crippen molar-refractivity contribution in [3.05, 3.63) is 65.7 Å². The van der Waals surface area contributed by atoms with E-state index in [9.17, 15) is 0 Å². The summed E-state index contributed by atoms with van der Waals surface area (Å²) in [7, 11) is 0. The zero-order valence-electron chi connectivity index (χ0n) is 7.63. The van der Waals surface area contributed by atoms with Gasteiger partial charge in [-0.2, -0.15) is 18.7 Å². The average Bonchev–Trinajstić information content (AvgIpc) is 2.76. The number of rotatable bonds is 1. The molecule has 0 unspecified atom stereocenters. The Morgan fingerprint density at radius 2 is 1.64 bits per heavy atom. The quantitative estimate of drug-likeness (QED) is 0.525. The Kier molecular flexibility index (Phi) is 7.23. The molecule has 0 aliphatic heterocycles. The van der Waals surface area contributed by atoms with Crippen molar-refractivity contribution < 1.29 is 17.1 Å². The molecular weight excluding hydrogens is 235 g/mol. The standard InChI is InChI=1S/C7H7.C5H4Cl.Fe/c1-2-7-5-3-4-6-7;6-5-3-1-2-4-5;/h2-6H,1H2;1-4H;/q-1;-5;. The van der Waals surface area contributed by atoms with Gasteiger partial charge >= 0.3 is 0 Å². The summed E-state index contributed by atoms with van der Waals surface area (Å²) in [6, 6.07) is 15.5. The van der Waals surface area contributed by atoms with Crippen molar-refractivity contribution in [1.82, 2.24) is 0 Å². The maximum atomic E-state index is 5.46. The van der Waals surface area contributed by atoms with E-state index in [0.717, 1.165) is 5.02 Å². The SMILES string of the molecule is C=C[c-]1cccc1.Cl[c-]1[cH-][cH-][cH-][cH-]1.[Fe]. The van der Waals surface area contributed by atoms with Gasteiger partial charge in [-0.3, -0.25) is 0 Å². The van der Waals surface area contributed by atoms with Gasteiger partial charge in [0.2, 0.25) is 0 Å². The topological polar surface area (TPSA) is 0 Å². The van der Waals surface area contributed by atoms with Gasteiger partial charge in [-0.25, -0.2) is 0 Å². The van der Waals surface area contributed by atoms with Crippen LogP contribution in [-0.4, -0.2) is 0 Å². The van der Waals surface area contributed by atoms with Crippen LogP contribution in [0, 0.1) is 0 Å². The van der Waals surface area contributed by atoms with Gasteiger partial charge in [0, 0.05) is 17.1 Å². The van der Waals surface area contributed by atoms with Gasteiger partial charge in [-0.05, 0) is 0 Å². The molecule has 0 saturated heterocycles. The number of hydrogen-bond donors (Lipinski definition) is 0. The van der Waals surface area contributed by atoms with Crippen molar-refractivity contribution in [3.8, 4) is 0 Å². The van der Waals surface area contributed by atoms with E-state index in [2.05, 4.69) is 6.58 Å². The van der Waals surface area contributed by atoms with E-state index < -0.39 is 0 Å². The molecule has 0 fully saturated rings. The largest absolute Gasteiger partial charge is 0.747 e. The molecule has 0 aromatic heterocycles. The molecule has 14 heavy (non-hydrogen) atoms. The molecule has 0 spiro atoms. The van der Waals surface area contributed by atoms with Gasteiger partial charge in [0.05, 0.1) is 0 Å². The Morgan fingerprint density at radius 1 is 1.14 bits per heavy atom. The van der Waals surface area contributed by atoms with Gasteiger partial charge < -0.3 is 40.9 Å². The molecule has 0 atom stereocenters. The van der Waals surface area contributed by atoms with E-state index in [1.807, 2.05) is 54.6 Å². The van der Waals surface area contributed by atoms with Crippen LogP contribution in [0.2, 0.25) is 5.02 Å². The molecule has 0 aliphatic rings. The second-order valence-electron chi connectivity index (χ2n) is 2.53. The zero-order chi connectivity index (χ0) is 9.52. The van der Waals surface area contributed by atoms with Crippen molar-refractivity contribution in [2.75, 3.05) is 0 Å². The normalized spacial score (nSPS) is 8.07. The summed E-state index contributed by atoms with van der Waals surface area (Å²) in [6.07, 6.45) is 1.83. The average molecular weight is 247 g/mol. The maximum Gasteiger partial charge on any atom is 0 e. The van der Waals surface area contributed by atoms with Crippen LogP contribution in [0.15, 0.2) is 55.1 Å². The molecule has 2 heteroatoms. The van der Waals surface area contributed by atoms with E-state index in [1.165, 1.54) is 5.56 Å². The third kappa shape index (κ3) is 5.08. The van der Waals surface area contributed by atoms with Crippen LogP contribution in [-0.2, 0) is 17.1 Å². The second-order valence-corrected chi connectivity index (χ2v) is 2.96. The van der Waals surface area contributed by atoms with E-state index in [1.54, 1.807) is 0 Å². The van der Waals surface area contributed by atoms with Gasteiger partial charge in [-0.1, -0.05) is 0 Å². The maximum absolute atomic E-state index is 5.46. The molecule has 2 aromatic rings. The Labute approximate surface area is 100 Å². The molecule has 0 amide bonds. The minimum absolute atomic E-state index is 0. The predicted molar refractivity (Wildman–Crippen MR) is 59.2 cm³/mol. The van der Waals surface area contributed by atoms with Crippen LogP contribution in [0.1, 0.15) is 5.56 Å². The smallest absolute Gasteiger partial charge is 0 e. The van der Waals surface area contributed by atoms with Gasteiger partial charge in [0.1, 0.15) is 0 Å². The van der Waals surface area contributed by atoms with E-state index in [-0.39, 0.29) is 17.1 Å². The van der Waals surface area contributed by atoms with Crippen LogP contribution in [0.5, 0.6) is 0 Å². The number of hydrogen-bond acceptors (Lipinski definition) is 0. The summed E-state index contributed by atoms with van der Waals surface area (Å²) < 4.78 is 0. The zero-order valence-corrected chi connectivity index (χ0v) is 9.49. The Hall–Kier alpha value is -0.751. The first-order chi connectivity index (χ1) is 6.33. The van der Waals surface area contributed by atoms with Gasteiger partial charge in [-0.15, -0.1) is 23.8 Å². The van der Waals surface area contributed by atoms with Crippen LogP contribution in [0.25, 0.3) is 6.08 Å². The Balaban J connectivity index is 0.000000227. The molecule has 0 N–H and O–H groups in total. The molecular formula is C12H11ClFe-6. The molecule has 0 bridgehead atoms. The molecule has 2 rings (SSSR count). The van der Waals surface area contributed by atoms with E-state index in [0.29, 0.717) is 0 Å². The van der Waals surface area contributed by atoms with Crippen molar-refractivity contribution in [3.63, 3.8) is 0 Å². The second kappa shape index (κ2) is 7.63. The molecule has 0 saturated carbocycles. The van der Waals surface area contributed by atoms with Crippen molar-refractivity contribution >= 4 is 17.7 Å². The van der Waals surface area contributed by atoms with Crippen molar-refractivity contribution in [1.29, 1.82) is 0 Å². The molecule has 2 aromatic carbocycles. The van der Waals surface area contributed by atoms with Crippen molar-refractivity contribution in [2.45, 2.75) is 0 Å². The van der Waals surface area contributed by atoms with Crippen LogP contribution >= 0.6 is 11.6 Å². The summed E-state index contributed by atoms with van der Waals surface area (Å²) >= 11 is 5.46. The number of halogens is 1. The summed E-state index contributed by atoms with van der Waals surface area (Å²) in [5, 5.41) is 0.815. The van der Waals surface area contributed by atoms with Gasteiger partial charge in [0.15, 0.2) is 0 Å². The third-order valence-corrected chi connectivity index (χ3v) is 1.80. The van der Waals surface area contributed by atoms with Gasteiger partial charge in [0.25, 0.3) is 0 Å². The molecule has 0 radical (unpaired) electrons. The van der Waals surface area contributed by atoms with E-state index >= 15 is 0 Å². The first kappa shape index (κ1) is 13.2. The van der Waals surface area contributed by atoms with E-state index in [4.69, 9.17) is 11.6 Å². The molecule has 0 nitrogen and oxygen atoms in total. The molecule has 0 heterocycles. The minimum Gasteiger partial charge on any atom is -0.747 e. The molecule has 0 aliphatic carbocycles. The minimum atomic E-state index is 0. The third-order valence-electron chi connectivity index (χ3n) is 1.55. The first-order valence-electron chi connectivity index (χ1n) is 4.04. The summed E-state index contributed by atoms with van der Waals surface area (Å²) in [4.78, 5) is 0.